The van der Waals surface area contributed by atoms with Crippen molar-refractivity contribution in [1.82, 2.24) is 0 Å². The van der Waals surface area contributed by atoms with Gasteiger partial charge in [-0.25, -0.2) is 4.57 Å². The molecule has 11 nitrogen and oxygen atoms in total. The Morgan fingerprint density at radius 1 is 0.382 bits per heavy atom. The summed E-state index contributed by atoms with van der Waals surface area (Å²) >= 11 is 0. The third kappa shape index (κ3) is 53.9. The van der Waals surface area contributed by atoms with Crippen LogP contribution in [-0.2, 0) is 42.2 Å². The minimum absolute atomic E-state index is 0.0223. The van der Waals surface area contributed by atoms with Gasteiger partial charge in [-0.2, -0.15) is 0 Å². The molecule has 0 aliphatic heterocycles. The van der Waals surface area contributed by atoms with Crippen LogP contribution in [0.1, 0.15) is 188 Å². The van der Waals surface area contributed by atoms with Crippen LogP contribution in [0.25, 0.3) is 0 Å². The van der Waals surface area contributed by atoms with E-state index < -0.39 is 64.4 Å². The molecule has 0 fully saturated rings. The van der Waals surface area contributed by atoms with E-state index in [1.54, 1.807) is 6.08 Å². The normalized spacial score (nSPS) is 14.5. The van der Waals surface area contributed by atoms with Crippen molar-refractivity contribution in [1.29, 1.82) is 0 Å². The van der Waals surface area contributed by atoms with E-state index in [0.29, 0.717) is 19.3 Å². The molecule has 0 amide bonds. The number of carbonyl (C=O) groups is 3. The first-order valence-corrected chi connectivity index (χ1v) is 29.9. The molecular formula is C64H99O11P. The van der Waals surface area contributed by atoms with E-state index in [-0.39, 0.29) is 19.3 Å². The first kappa shape index (κ1) is 71.1. The quantitative estimate of drug-likeness (QED) is 0.0197. The van der Waals surface area contributed by atoms with E-state index >= 15 is 0 Å². The Bertz CT molecular complexity index is 1880. The van der Waals surface area contributed by atoms with Crippen molar-refractivity contribution >= 4 is 25.7 Å². The Kier molecular flexibility index (Phi) is 52.7. The lowest BCUT2D eigenvalue weighted by atomic mass is 10.1. The molecule has 0 saturated heterocycles. The summed E-state index contributed by atoms with van der Waals surface area (Å²) in [4.78, 5) is 48.5. The van der Waals surface area contributed by atoms with Gasteiger partial charge in [0.2, 0.25) is 0 Å². The number of esters is 3. The Hall–Kier alpha value is -4.90. The van der Waals surface area contributed by atoms with E-state index in [9.17, 15) is 28.9 Å². The molecule has 0 aromatic carbocycles. The second kappa shape index (κ2) is 56.3. The van der Waals surface area contributed by atoms with Gasteiger partial charge < -0.3 is 24.2 Å². The van der Waals surface area contributed by atoms with E-state index in [1.807, 2.05) is 12.2 Å². The molecule has 3 atom stereocenters. The molecule has 426 valence electrons. The Labute approximate surface area is 460 Å². The van der Waals surface area contributed by atoms with Crippen molar-refractivity contribution in [3.63, 3.8) is 0 Å². The molecule has 0 rings (SSSR count). The SMILES string of the molecule is CC/C=C\C/C=C\C/C=C\C/C=C\C/C=C\CC(=O)OCC(COP(=O)(O)OCC(CO)OC(=O)CCCCCC/C=C\C/C=C\C/C=C\C/C=C\CC)OC(=O)CCCCCC/C=C\C/C=C\C/C=C\C/C=C\CC. The molecule has 2 N–H and O–H groups in total. The van der Waals surface area contributed by atoms with E-state index in [0.717, 1.165) is 128 Å². The highest BCUT2D eigenvalue weighted by Crippen LogP contribution is 2.43. The van der Waals surface area contributed by atoms with Crippen LogP contribution in [0.4, 0.5) is 0 Å². The van der Waals surface area contributed by atoms with E-state index in [4.69, 9.17) is 23.3 Å². The highest BCUT2D eigenvalue weighted by molar-refractivity contribution is 7.47. The maximum absolute atomic E-state index is 12.9. The van der Waals surface area contributed by atoms with Crippen LogP contribution < -0.4 is 0 Å². The lowest BCUT2D eigenvalue weighted by Gasteiger charge is -2.21. The van der Waals surface area contributed by atoms with Crippen LogP contribution in [0.5, 0.6) is 0 Å². The number of carbonyl (C=O) groups excluding carboxylic acids is 3. The number of allylic oxidation sites excluding steroid dienone is 25. The molecule has 0 bridgehead atoms. The van der Waals surface area contributed by atoms with Crippen molar-refractivity contribution in [3.05, 3.63) is 158 Å². The van der Waals surface area contributed by atoms with Gasteiger partial charge in [0, 0.05) is 12.8 Å². The van der Waals surface area contributed by atoms with Gasteiger partial charge in [-0.15, -0.1) is 0 Å². The lowest BCUT2D eigenvalue weighted by Crippen LogP contribution is -2.30. The Balaban J connectivity index is 4.91. The molecule has 0 heterocycles. The highest BCUT2D eigenvalue weighted by Gasteiger charge is 2.28. The molecule has 0 spiro atoms. The zero-order chi connectivity index (χ0) is 55.5. The molecule has 0 aliphatic carbocycles. The van der Waals surface area contributed by atoms with Crippen molar-refractivity contribution in [2.75, 3.05) is 26.4 Å². The number of aliphatic hydroxyl groups is 1. The number of ether oxygens (including phenoxy) is 3. The second-order valence-electron chi connectivity index (χ2n) is 18.0. The minimum Gasteiger partial charge on any atom is -0.461 e. The molecule has 0 radical (unpaired) electrons. The summed E-state index contributed by atoms with van der Waals surface area (Å²) in [5.74, 6) is -1.69. The van der Waals surface area contributed by atoms with Crippen LogP contribution in [-0.4, -0.2) is 66.5 Å². The average molecular weight is 1080 g/mol. The number of hydrogen-bond donors (Lipinski definition) is 2. The minimum atomic E-state index is -4.79. The lowest BCUT2D eigenvalue weighted by molar-refractivity contribution is -0.161. The fourth-order valence-corrected chi connectivity index (χ4v) is 7.55. The van der Waals surface area contributed by atoms with Crippen LogP contribution >= 0.6 is 7.82 Å². The summed E-state index contributed by atoms with van der Waals surface area (Å²) in [5.41, 5.74) is 0. The number of aliphatic hydroxyl groups excluding tert-OH is 1. The van der Waals surface area contributed by atoms with E-state index in [1.165, 1.54) is 0 Å². The molecule has 76 heavy (non-hydrogen) atoms. The van der Waals surface area contributed by atoms with Gasteiger partial charge in [0.05, 0.1) is 26.2 Å². The molecular weight excluding hydrogens is 976 g/mol. The first-order valence-electron chi connectivity index (χ1n) is 28.4. The smallest absolute Gasteiger partial charge is 0.461 e. The first-order chi connectivity index (χ1) is 37.2. The average Bonchev–Trinajstić information content (AvgIpc) is 3.41. The number of hydrogen-bond acceptors (Lipinski definition) is 10. The topological polar surface area (TPSA) is 155 Å². The third-order valence-electron chi connectivity index (χ3n) is 11.0. The van der Waals surface area contributed by atoms with Gasteiger partial charge in [-0.1, -0.05) is 204 Å². The molecule has 12 heteroatoms. The fourth-order valence-electron chi connectivity index (χ4n) is 6.76. The van der Waals surface area contributed by atoms with Crippen molar-refractivity contribution in [2.24, 2.45) is 0 Å². The van der Waals surface area contributed by atoms with Crippen LogP contribution in [0, 0.1) is 0 Å². The molecule has 0 aliphatic rings. The van der Waals surface area contributed by atoms with Gasteiger partial charge >= 0.3 is 25.7 Å². The molecule has 0 saturated carbocycles. The van der Waals surface area contributed by atoms with Crippen molar-refractivity contribution in [2.45, 2.75) is 200 Å². The maximum atomic E-state index is 12.9. The summed E-state index contributed by atoms with van der Waals surface area (Å²) < 4.78 is 39.3. The number of phosphoric ester groups is 1. The number of phosphoric acid groups is 1. The Morgan fingerprint density at radius 2 is 0.684 bits per heavy atom. The van der Waals surface area contributed by atoms with Crippen LogP contribution in [0.2, 0.25) is 0 Å². The zero-order valence-corrected chi connectivity index (χ0v) is 47.8. The summed E-state index contributed by atoms with van der Waals surface area (Å²) in [7, 11) is -4.79. The molecule has 0 aromatic rings. The van der Waals surface area contributed by atoms with Crippen molar-refractivity contribution in [3.8, 4) is 0 Å². The van der Waals surface area contributed by atoms with Gasteiger partial charge in [-0.3, -0.25) is 23.4 Å². The maximum Gasteiger partial charge on any atom is 0.472 e. The van der Waals surface area contributed by atoms with Crippen LogP contribution in [0.3, 0.4) is 0 Å². The monoisotopic (exact) mass is 1070 g/mol. The Morgan fingerprint density at radius 3 is 1.04 bits per heavy atom. The summed E-state index contributed by atoms with van der Waals surface area (Å²) in [6, 6.07) is 0. The third-order valence-corrected chi connectivity index (χ3v) is 11.9. The van der Waals surface area contributed by atoms with Gasteiger partial charge in [0.1, 0.15) is 12.7 Å². The van der Waals surface area contributed by atoms with Gasteiger partial charge in [-0.05, 0) is 122 Å². The van der Waals surface area contributed by atoms with Crippen molar-refractivity contribution < 1.29 is 52.2 Å². The summed E-state index contributed by atoms with van der Waals surface area (Å²) in [6.07, 6.45) is 73.7. The molecule has 3 unspecified atom stereocenters. The van der Waals surface area contributed by atoms with Gasteiger partial charge in [0.15, 0.2) is 6.10 Å². The summed E-state index contributed by atoms with van der Waals surface area (Å²) in [6.45, 7) is 4.10. The predicted molar refractivity (Wildman–Crippen MR) is 315 cm³/mol. The fraction of sp³-hybridized carbons (Fsp3) is 0.547. The standard InChI is InChI=1S/C64H99O11P/c1-4-7-10-13-16-19-22-25-28-30-33-36-39-42-45-48-51-54-63(67)74-60(56-65)58-72-76(69,70)73-59-61(57-71-62(66)53-50-47-44-41-38-35-32-27-24-21-18-15-12-9-6-3)75-64(68)55-52-49-46-43-40-37-34-31-29-26-23-20-17-14-11-8-5-2/h7-12,16-21,25-29,32-34,36-38,41,47,50,60-61,65H,4-6,13-15,22-24,30-31,35,39-40,42-46,48-49,51-59H2,1-3H3,(H,69,70)/b10-7-,11-8-,12-9-,19-16-,20-17-,21-18-,28-25-,29-26-,32-27-,36-33-,37-34-,41-38-,50-47-. The van der Waals surface area contributed by atoms with Gasteiger partial charge in [0.25, 0.3) is 0 Å². The number of unbranched alkanes of at least 4 members (excludes halogenated alkanes) is 8. The predicted octanol–water partition coefficient (Wildman–Crippen LogP) is 16.9. The number of rotatable bonds is 50. The second-order valence-corrected chi connectivity index (χ2v) is 19.4. The highest BCUT2D eigenvalue weighted by atomic mass is 31.2. The summed E-state index contributed by atoms with van der Waals surface area (Å²) in [5, 5.41) is 9.82. The zero-order valence-electron chi connectivity index (χ0n) is 46.9. The largest absolute Gasteiger partial charge is 0.472 e. The molecule has 0 aromatic heterocycles. The van der Waals surface area contributed by atoms with Crippen LogP contribution in [0.15, 0.2) is 158 Å². The van der Waals surface area contributed by atoms with E-state index in [2.05, 4.69) is 161 Å².